The van der Waals surface area contributed by atoms with E-state index in [0.29, 0.717) is 12.0 Å². The topological polar surface area (TPSA) is 38.8 Å². The van der Waals surface area contributed by atoms with E-state index in [4.69, 9.17) is 9.47 Å². The zero-order valence-corrected chi connectivity index (χ0v) is 17.5. The van der Waals surface area contributed by atoms with Gasteiger partial charge in [0.05, 0.1) is 13.7 Å². The van der Waals surface area contributed by atoms with Crippen LogP contribution in [0.3, 0.4) is 0 Å². The molecule has 0 saturated carbocycles. The zero-order valence-electron chi connectivity index (χ0n) is 16.7. The van der Waals surface area contributed by atoms with Crippen molar-refractivity contribution in [3.63, 3.8) is 0 Å². The summed E-state index contributed by atoms with van der Waals surface area (Å²) in [6.07, 6.45) is 3.43. The molecule has 1 spiro atoms. The Morgan fingerprint density at radius 2 is 1.90 bits per heavy atom. The quantitative estimate of drug-likeness (QED) is 0.639. The minimum atomic E-state index is -0.311. The van der Waals surface area contributed by atoms with Gasteiger partial charge >= 0.3 is 0 Å². The number of carbonyl (C=O) groups is 1. The summed E-state index contributed by atoms with van der Waals surface area (Å²) in [5, 5.41) is 0. The van der Waals surface area contributed by atoms with Crippen molar-refractivity contribution in [2.75, 3.05) is 33.4 Å². The Morgan fingerprint density at radius 3 is 2.59 bits per heavy atom. The number of para-hydroxylation sites is 1. The van der Waals surface area contributed by atoms with E-state index < -0.39 is 0 Å². The molecule has 0 radical (unpaired) electrons. The van der Waals surface area contributed by atoms with Crippen molar-refractivity contribution in [1.82, 2.24) is 4.90 Å². The molecule has 0 atom stereocenters. The molecular formula is C23H27ClFNO3. The van der Waals surface area contributed by atoms with Crippen LogP contribution in [0.25, 0.3) is 0 Å². The molecule has 2 aromatic rings. The summed E-state index contributed by atoms with van der Waals surface area (Å²) in [7, 11) is 1.68. The Balaban J connectivity index is 0.00000240. The summed E-state index contributed by atoms with van der Waals surface area (Å²) in [4.78, 5) is 14.7. The number of benzene rings is 2. The van der Waals surface area contributed by atoms with Crippen molar-refractivity contribution in [2.24, 2.45) is 0 Å². The first-order valence-electron chi connectivity index (χ1n) is 9.93. The van der Waals surface area contributed by atoms with Crippen LogP contribution < -0.4 is 9.47 Å². The third-order valence-electron chi connectivity index (χ3n) is 6.12. The van der Waals surface area contributed by atoms with Gasteiger partial charge in [0.1, 0.15) is 5.82 Å². The van der Waals surface area contributed by atoms with Gasteiger partial charge in [0.2, 0.25) is 0 Å². The second-order valence-electron chi connectivity index (χ2n) is 7.78. The number of fused-ring (bicyclic) bond motifs is 2. The molecule has 0 aromatic heterocycles. The van der Waals surface area contributed by atoms with Gasteiger partial charge in [0, 0.05) is 23.0 Å². The van der Waals surface area contributed by atoms with Crippen LogP contribution in [0.15, 0.2) is 42.5 Å². The molecule has 29 heavy (non-hydrogen) atoms. The smallest absolute Gasteiger partial charge is 0.165 e. The predicted octanol–water partition coefficient (Wildman–Crippen LogP) is 4.65. The van der Waals surface area contributed by atoms with Crippen molar-refractivity contribution in [3.05, 3.63) is 59.4 Å². The van der Waals surface area contributed by atoms with E-state index in [9.17, 15) is 9.18 Å². The van der Waals surface area contributed by atoms with Gasteiger partial charge in [-0.2, -0.15) is 0 Å². The monoisotopic (exact) mass is 419 g/mol. The SMILES string of the molecule is COc1cccc2c1OCC21CCN(CCCC(=O)c2ccc(F)cc2)CC1.Cl. The molecule has 1 saturated heterocycles. The van der Waals surface area contributed by atoms with Crippen LogP contribution in [0.2, 0.25) is 0 Å². The fraction of sp³-hybridized carbons (Fsp3) is 0.435. The number of methoxy groups -OCH3 is 1. The summed E-state index contributed by atoms with van der Waals surface area (Å²) in [6, 6.07) is 12.0. The maximum atomic E-state index is 13.0. The summed E-state index contributed by atoms with van der Waals surface area (Å²) in [5.41, 5.74) is 1.95. The molecule has 0 unspecified atom stereocenters. The molecule has 2 aliphatic heterocycles. The van der Waals surface area contributed by atoms with Gasteiger partial charge < -0.3 is 14.4 Å². The lowest BCUT2D eigenvalue weighted by molar-refractivity contribution is 0.0963. The largest absolute Gasteiger partial charge is 0.493 e. The first kappa shape index (κ1) is 21.6. The number of carbonyl (C=O) groups excluding carboxylic acids is 1. The van der Waals surface area contributed by atoms with Crippen LogP contribution in [0.4, 0.5) is 4.39 Å². The summed E-state index contributed by atoms with van der Waals surface area (Å²) < 4.78 is 24.4. The minimum Gasteiger partial charge on any atom is -0.493 e. The van der Waals surface area contributed by atoms with Crippen LogP contribution in [0.1, 0.15) is 41.6 Å². The number of hydrogen-bond acceptors (Lipinski definition) is 4. The Kier molecular flexibility index (Phi) is 6.81. The van der Waals surface area contributed by atoms with Gasteiger partial charge in [-0.15, -0.1) is 12.4 Å². The van der Waals surface area contributed by atoms with E-state index in [2.05, 4.69) is 11.0 Å². The summed E-state index contributed by atoms with van der Waals surface area (Å²) in [6.45, 7) is 3.64. The molecule has 2 aliphatic rings. The van der Waals surface area contributed by atoms with E-state index in [-0.39, 0.29) is 29.4 Å². The number of piperidine rings is 1. The number of halogens is 2. The summed E-state index contributed by atoms with van der Waals surface area (Å²) in [5.74, 6) is 1.49. The highest BCUT2D eigenvalue weighted by Gasteiger charge is 2.43. The van der Waals surface area contributed by atoms with Crippen LogP contribution >= 0.6 is 12.4 Å². The van der Waals surface area contributed by atoms with Gasteiger partial charge in [-0.25, -0.2) is 4.39 Å². The Hall–Kier alpha value is -2.11. The summed E-state index contributed by atoms with van der Waals surface area (Å²) >= 11 is 0. The van der Waals surface area contributed by atoms with E-state index in [1.807, 2.05) is 12.1 Å². The lowest BCUT2D eigenvalue weighted by Gasteiger charge is -2.38. The number of nitrogens with zero attached hydrogens (tertiary/aromatic N) is 1. The molecule has 2 heterocycles. The van der Waals surface area contributed by atoms with Crippen molar-refractivity contribution in [2.45, 2.75) is 31.1 Å². The highest BCUT2D eigenvalue weighted by Crippen LogP contribution is 2.49. The molecule has 0 bridgehead atoms. The maximum absolute atomic E-state index is 13.0. The molecule has 6 heteroatoms. The Labute approximate surface area is 177 Å². The van der Waals surface area contributed by atoms with E-state index in [1.54, 1.807) is 19.2 Å². The molecule has 156 valence electrons. The number of Topliss-reactive ketones (excluding diaryl/α,β-unsaturated/α-hetero) is 1. The number of likely N-dealkylation sites (tertiary alicyclic amines) is 1. The lowest BCUT2D eigenvalue weighted by atomic mass is 9.74. The molecule has 0 aliphatic carbocycles. The number of ketones is 1. The number of hydrogen-bond donors (Lipinski definition) is 0. The van der Waals surface area contributed by atoms with Gasteiger partial charge in [-0.05, 0) is 69.2 Å². The zero-order chi connectivity index (χ0) is 19.6. The minimum absolute atomic E-state index is 0. The molecule has 0 amide bonds. The highest BCUT2D eigenvalue weighted by molar-refractivity contribution is 5.95. The molecule has 0 N–H and O–H groups in total. The molecule has 1 fully saturated rings. The van der Waals surface area contributed by atoms with Gasteiger partial charge in [-0.1, -0.05) is 12.1 Å². The number of rotatable bonds is 6. The molecule has 4 rings (SSSR count). The maximum Gasteiger partial charge on any atom is 0.165 e. The van der Waals surface area contributed by atoms with Crippen LogP contribution in [0, 0.1) is 5.82 Å². The van der Waals surface area contributed by atoms with Crippen molar-refractivity contribution in [1.29, 1.82) is 0 Å². The van der Waals surface area contributed by atoms with E-state index in [0.717, 1.165) is 57.0 Å². The normalized spacial score (nSPS) is 17.3. The van der Waals surface area contributed by atoms with Gasteiger partial charge in [-0.3, -0.25) is 4.79 Å². The average Bonchev–Trinajstić information content (AvgIpc) is 3.08. The highest BCUT2D eigenvalue weighted by atomic mass is 35.5. The lowest BCUT2D eigenvalue weighted by Crippen LogP contribution is -2.43. The standard InChI is InChI=1S/C23H26FNO3.ClH/c1-27-21-6-2-4-19-22(21)28-16-23(19)11-14-25(15-12-23)13-3-5-20(26)17-7-9-18(24)10-8-17;/h2,4,6-10H,3,5,11-16H2,1H3;1H. The first-order chi connectivity index (χ1) is 13.6. The van der Waals surface area contributed by atoms with Crippen molar-refractivity contribution >= 4 is 18.2 Å². The first-order valence-corrected chi connectivity index (χ1v) is 9.93. The van der Waals surface area contributed by atoms with Crippen LogP contribution in [-0.2, 0) is 5.41 Å². The third kappa shape index (κ3) is 4.41. The van der Waals surface area contributed by atoms with Gasteiger partial charge in [0.25, 0.3) is 0 Å². The third-order valence-corrected chi connectivity index (χ3v) is 6.12. The van der Waals surface area contributed by atoms with Crippen molar-refractivity contribution in [3.8, 4) is 11.5 Å². The Bertz CT molecular complexity index is 848. The molecular weight excluding hydrogens is 393 g/mol. The van der Waals surface area contributed by atoms with Crippen LogP contribution in [-0.4, -0.2) is 44.0 Å². The van der Waals surface area contributed by atoms with Gasteiger partial charge in [0.15, 0.2) is 17.3 Å². The fourth-order valence-electron chi connectivity index (χ4n) is 4.39. The fourth-order valence-corrected chi connectivity index (χ4v) is 4.39. The second-order valence-corrected chi connectivity index (χ2v) is 7.78. The van der Waals surface area contributed by atoms with E-state index >= 15 is 0 Å². The number of ether oxygens (including phenoxy) is 2. The van der Waals surface area contributed by atoms with E-state index in [1.165, 1.54) is 17.7 Å². The Morgan fingerprint density at radius 1 is 1.17 bits per heavy atom. The molecule has 4 nitrogen and oxygen atoms in total. The predicted molar refractivity (Wildman–Crippen MR) is 113 cm³/mol. The van der Waals surface area contributed by atoms with Crippen LogP contribution in [0.5, 0.6) is 11.5 Å². The molecule has 2 aromatic carbocycles. The van der Waals surface area contributed by atoms with Crippen molar-refractivity contribution < 1.29 is 18.7 Å². The second kappa shape index (κ2) is 9.14. The average molecular weight is 420 g/mol.